The number of hydrogen-bond acceptors (Lipinski definition) is 4. The zero-order valence-corrected chi connectivity index (χ0v) is 14.5. The highest BCUT2D eigenvalue weighted by Crippen LogP contribution is 2.14. The Kier molecular flexibility index (Phi) is 8.18. The predicted octanol–water partition coefficient (Wildman–Crippen LogP) is 4.47. The highest BCUT2D eigenvalue weighted by atomic mass is 32.2. The lowest BCUT2D eigenvalue weighted by molar-refractivity contribution is -0.0544. The molecule has 0 N–H and O–H groups in total. The summed E-state index contributed by atoms with van der Waals surface area (Å²) in [6.07, 6.45) is 1.77. The monoisotopic (exact) mass is 332 g/mol. The Balaban J connectivity index is 1.77. The van der Waals surface area contributed by atoms with Gasteiger partial charge in [0, 0.05) is 6.26 Å². The lowest BCUT2D eigenvalue weighted by Crippen LogP contribution is -2.31. The normalized spacial score (nSPS) is 13.7. The van der Waals surface area contributed by atoms with Gasteiger partial charge in [0.25, 0.3) is 0 Å². The lowest BCUT2D eigenvalue weighted by atomic mass is 10.2. The molecule has 124 valence electrons. The molecular formula is C19H24O3S. The molecule has 3 nitrogen and oxygen atoms in total. The first-order valence-corrected chi connectivity index (χ1v) is 8.91. The Bertz CT molecular complexity index is 533. The standard InChI is InChI=1S/C19H24O3S/c1-16(21-14-18-11-7-4-8-12-18)19(22-23-2)15-20-13-17-9-5-3-6-10-17/h3-12,16,19H,13-15H2,1-2H3. The van der Waals surface area contributed by atoms with Gasteiger partial charge in [-0.3, -0.25) is 0 Å². The fourth-order valence-electron chi connectivity index (χ4n) is 2.14. The zero-order chi connectivity index (χ0) is 16.3. The summed E-state index contributed by atoms with van der Waals surface area (Å²) in [5.41, 5.74) is 2.32. The highest BCUT2D eigenvalue weighted by molar-refractivity contribution is 7.93. The van der Waals surface area contributed by atoms with Gasteiger partial charge in [0.05, 0.1) is 25.9 Å². The van der Waals surface area contributed by atoms with Crippen LogP contribution in [0.5, 0.6) is 0 Å². The van der Waals surface area contributed by atoms with Gasteiger partial charge in [-0.2, -0.15) is 0 Å². The van der Waals surface area contributed by atoms with Gasteiger partial charge >= 0.3 is 0 Å². The molecule has 2 rings (SSSR count). The minimum Gasteiger partial charge on any atom is -0.374 e. The first-order chi connectivity index (χ1) is 11.3. The predicted molar refractivity (Wildman–Crippen MR) is 95.2 cm³/mol. The highest BCUT2D eigenvalue weighted by Gasteiger charge is 2.19. The molecule has 0 fully saturated rings. The molecule has 0 aliphatic heterocycles. The van der Waals surface area contributed by atoms with E-state index in [-0.39, 0.29) is 12.2 Å². The van der Waals surface area contributed by atoms with Crippen molar-refractivity contribution >= 4 is 12.0 Å². The van der Waals surface area contributed by atoms with Gasteiger partial charge in [0.15, 0.2) is 0 Å². The van der Waals surface area contributed by atoms with Gasteiger partial charge in [0.1, 0.15) is 6.10 Å². The Morgan fingerprint density at radius 2 is 1.43 bits per heavy atom. The summed E-state index contributed by atoms with van der Waals surface area (Å²) >= 11 is 1.35. The summed E-state index contributed by atoms with van der Waals surface area (Å²) in [5.74, 6) is 0. The van der Waals surface area contributed by atoms with Crippen LogP contribution in [0.2, 0.25) is 0 Å². The summed E-state index contributed by atoms with van der Waals surface area (Å²) in [6.45, 7) is 3.69. The summed E-state index contributed by atoms with van der Waals surface area (Å²) in [4.78, 5) is 0. The molecule has 0 saturated heterocycles. The molecule has 0 spiro atoms. The average molecular weight is 332 g/mol. The van der Waals surface area contributed by atoms with E-state index in [1.54, 1.807) is 0 Å². The molecular weight excluding hydrogens is 308 g/mol. The van der Waals surface area contributed by atoms with E-state index >= 15 is 0 Å². The Morgan fingerprint density at radius 1 is 0.870 bits per heavy atom. The number of rotatable bonds is 10. The maximum atomic E-state index is 5.93. The van der Waals surface area contributed by atoms with Crippen LogP contribution >= 0.6 is 12.0 Å². The molecule has 0 aliphatic carbocycles. The zero-order valence-electron chi connectivity index (χ0n) is 13.7. The van der Waals surface area contributed by atoms with Crippen LogP contribution in [-0.2, 0) is 26.9 Å². The van der Waals surface area contributed by atoms with Crippen molar-refractivity contribution in [2.75, 3.05) is 12.9 Å². The average Bonchev–Trinajstić information content (AvgIpc) is 2.61. The van der Waals surface area contributed by atoms with Crippen LogP contribution in [-0.4, -0.2) is 25.1 Å². The Morgan fingerprint density at radius 3 is 2.00 bits per heavy atom. The number of ether oxygens (including phenoxy) is 2. The van der Waals surface area contributed by atoms with Gasteiger partial charge in [-0.05, 0) is 30.1 Å². The fourth-order valence-corrected chi connectivity index (χ4v) is 2.60. The van der Waals surface area contributed by atoms with E-state index in [1.807, 2.05) is 49.6 Å². The largest absolute Gasteiger partial charge is 0.374 e. The van der Waals surface area contributed by atoms with E-state index in [0.717, 1.165) is 11.1 Å². The maximum absolute atomic E-state index is 5.93. The topological polar surface area (TPSA) is 27.7 Å². The molecule has 23 heavy (non-hydrogen) atoms. The van der Waals surface area contributed by atoms with E-state index in [0.29, 0.717) is 19.8 Å². The van der Waals surface area contributed by atoms with Gasteiger partial charge in [-0.15, -0.1) is 0 Å². The molecule has 2 atom stereocenters. The third kappa shape index (κ3) is 6.75. The van der Waals surface area contributed by atoms with Crippen LogP contribution < -0.4 is 0 Å². The van der Waals surface area contributed by atoms with E-state index in [2.05, 4.69) is 24.3 Å². The van der Waals surface area contributed by atoms with Crippen LogP contribution in [0.4, 0.5) is 0 Å². The van der Waals surface area contributed by atoms with Crippen molar-refractivity contribution in [2.45, 2.75) is 32.3 Å². The van der Waals surface area contributed by atoms with Crippen molar-refractivity contribution < 1.29 is 13.7 Å². The van der Waals surface area contributed by atoms with E-state index in [4.69, 9.17) is 13.7 Å². The quantitative estimate of drug-likeness (QED) is 0.600. The van der Waals surface area contributed by atoms with Crippen LogP contribution in [0.15, 0.2) is 60.7 Å². The molecule has 0 aliphatic rings. The second kappa shape index (κ2) is 10.4. The first-order valence-electron chi connectivity index (χ1n) is 7.76. The van der Waals surface area contributed by atoms with Crippen LogP contribution in [0, 0.1) is 0 Å². The molecule has 0 radical (unpaired) electrons. The van der Waals surface area contributed by atoms with Crippen molar-refractivity contribution in [3.63, 3.8) is 0 Å². The van der Waals surface area contributed by atoms with E-state index in [9.17, 15) is 0 Å². The van der Waals surface area contributed by atoms with Gasteiger partial charge in [-0.25, -0.2) is 0 Å². The lowest BCUT2D eigenvalue weighted by Gasteiger charge is -2.23. The summed E-state index contributed by atoms with van der Waals surface area (Å²) in [6, 6.07) is 20.3. The molecule has 0 heterocycles. The van der Waals surface area contributed by atoms with Crippen LogP contribution in [0.1, 0.15) is 18.1 Å². The summed E-state index contributed by atoms with van der Waals surface area (Å²) in [7, 11) is 0. The van der Waals surface area contributed by atoms with Crippen LogP contribution in [0.3, 0.4) is 0 Å². The molecule has 0 amide bonds. The van der Waals surface area contributed by atoms with E-state index < -0.39 is 0 Å². The minimum atomic E-state index is -0.0996. The van der Waals surface area contributed by atoms with E-state index in [1.165, 1.54) is 12.0 Å². The second-order valence-electron chi connectivity index (χ2n) is 5.30. The summed E-state index contributed by atoms with van der Waals surface area (Å²) < 4.78 is 17.4. The van der Waals surface area contributed by atoms with Gasteiger partial charge in [-0.1, -0.05) is 60.7 Å². The van der Waals surface area contributed by atoms with Crippen molar-refractivity contribution in [1.29, 1.82) is 0 Å². The molecule has 0 bridgehead atoms. The fraction of sp³-hybridized carbons (Fsp3) is 0.368. The van der Waals surface area contributed by atoms with Gasteiger partial charge in [0.2, 0.25) is 0 Å². The third-order valence-electron chi connectivity index (χ3n) is 3.49. The number of benzene rings is 2. The maximum Gasteiger partial charge on any atom is 0.121 e. The minimum absolute atomic E-state index is 0.0431. The van der Waals surface area contributed by atoms with Crippen LogP contribution in [0.25, 0.3) is 0 Å². The molecule has 0 aromatic heterocycles. The summed E-state index contributed by atoms with van der Waals surface area (Å²) in [5, 5.41) is 0. The van der Waals surface area contributed by atoms with Gasteiger partial charge < -0.3 is 13.7 Å². The van der Waals surface area contributed by atoms with Crippen molar-refractivity contribution in [3.05, 3.63) is 71.8 Å². The number of hydrogen-bond donors (Lipinski definition) is 0. The smallest absolute Gasteiger partial charge is 0.121 e. The first kappa shape index (κ1) is 18.0. The second-order valence-corrected chi connectivity index (χ2v) is 5.83. The van der Waals surface area contributed by atoms with Crippen molar-refractivity contribution in [3.8, 4) is 0 Å². The SMILES string of the molecule is CSOC(COCc1ccccc1)C(C)OCc1ccccc1. The molecule has 4 heteroatoms. The molecule has 0 saturated carbocycles. The molecule has 2 unspecified atom stereocenters. The van der Waals surface area contributed by atoms with Crippen molar-refractivity contribution in [1.82, 2.24) is 0 Å². The van der Waals surface area contributed by atoms with Crippen molar-refractivity contribution in [2.24, 2.45) is 0 Å². The third-order valence-corrected chi connectivity index (χ3v) is 3.93. The molecule has 2 aromatic rings. The molecule has 2 aromatic carbocycles. The Labute approximate surface area is 143 Å². The Hall–Kier alpha value is -1.33.